The van der Waals surface area contributed by atoms with Crippen LogP contribution >= 0.6 is 0 Å². The summed E-state index contributed by atoms with van der Waals surface area (Å²) in [5.74, 6) is -0.573. The van der Waals surface area contributed by atoms with Crippen LogP contribution in [-0.4, -0.2) is 41.2 Å². The average Bonchev–Trinajstić information content (AvgIpc) is 3.49. The SMILES string of the molecule is COc1ccc(-n2nc(C(N)=O)c3c2C(=O)N(c2ccc(C4(CC(N)=O)CC4)cc2)CC3)cc1. The highest BCUT2D eigenvalue weighted by atomic mass is 16.5. The number of primary amides is 2. The molecule has 4 N–H and O–H groups in total. The van der Waals surface area contributed by atoms with Crippen LogP contribution in [0.5, 0.6) is 5.75 Å². The van der Waals surface area contributed by atoms with E-state index in [0.717, 1.165) is 24.1 Å². The zero-order valence-electron chi connectivity index (χ0n) is 18.8. The van der Waals surface area contributed by atoms with Gasteiger partial charge in [0.1, 0.15) is 11.4 Å². The van der Waals surface area contributed by atoms with E-state index in [2.05, 4.69) is 5.10 Å². The van der Waals surface area contributed by atoms with E-state index >= 15 is 0 Å². The van der Waals surface area contributed by atoms with Crippen LogP contribution in [0.2, 0.25) is 0 Å². The van der Waals surface area contributed by atoms with Gasteiger partial charge in [-0.05, 0) is 61.2 Å². The van der Waals surface area contributed by atoms with Crippen molar-refractivity contribution in [2.24, 2.45) is 11.5 Å². The second kappa shape index (κ2) is 8.02. The van der Waals surface area contributed by atoms with E-state index < -0.39 is 5.91 Å². The molecule has 0 saturated heterocycles. The van der Waals surface area contributed by atoms with Gasteiger partial charge in [0.2, 0.25) is 5.91 Å². The van der Waals surface area contributed by atoms with E-state index in [4.69, 9.17) is 16.2 Å². The van der Waals surface area contributed by atoms with Crippen molar-refractivity contribution >= 4 is 23.4 Å². The molecule has 1 aromatic heterocycles. The van der Waals surface area contributed by atoms with E-state index in [1.165, 1.54) is 4.68 Å². The summed E-state index contributed by atoms with van der Waals surface area (Å²) in [7, 11) is 1.57. The minimum atomic E-state index is -0.668. The number of fused-ring (bicyclic) bond motifs is 1. The molecule has 0 unspecified atom stereocenters. The predicted molar refractivity (Wildman–Crippen MR) is 125 cm³/mol. The monoisotopic (exact) mass is 459 g/mol. The molecule has 1 fully saturated rings. The topological polar surface area (TPSA) is 134 Å². The van der Waals surface area contributed by atoms with Crippen LogP contribution in [0.4, 0.5) is 5.69 Å². The molecular weight excluding hydrogens is 434 g/mol. The first-order chi connectivity index (χ1) is 16.3. The summed E-state index contributed by atoms with van der Waals surface area (Å²) >= 11 is 0. The number of methoxy groups -OCH3 is 1. The van der Waals surface area contributed by atoms with Gasteiger partial charge in [0, 0.05) is 29.6 Å². The van der Waals surface area contributed by atoms with Gasteiger partial charge in [0.05, 0.1) is 12.8 Å². The number of rotatable bonds is 7. The fourth-order valence-electron chi connectivity index (χ4n) is 4.76. The van der Waals surface area contributed by atoms with Crippen LogP contribution in [0, 0.1) is 0 Å². The largest absolute Gasteiger partial charge is 0.497 e. The van der Waals surface area contributed by atoms with Crippen molar-refractivity contribution in [3.8, 4) is 11.4 Å². The van der Waals surface area contributed by atoms with Crippen molar-refractivity contribution < 1.29 is 19.1 Å². The van der Waals surface area contributed by atoms with Crippen LogP contribution in [-0.2, 0) is 16.6 Å². The van der Waals surface area contributed by atoms with Crippen molar-refractivity contribution in [1.29, 1.82) is 0 Å². The molecule has 0 radical (unpaired) electrons. The Morgan fingerprint density at radius 1 is 1.03 bits per heavy atom. The van der Waals surface area contributed by atoms with E-state index in [1.54, 1.807) is 36.3 Å². The summed E-state index contributed by atoms with van der Waals surface area (Å²) in [6.45, 7) is 0.395. The van der Waals surface area contributed by atoms with E-state index in [0.29, 0.717) is 42.1 Å². The van der Waals surface area contributed by atoms with Crippen molar-refractivity contribution in [2.75, 3.05) is 18.6 Å². The van der Waals surface area contributed by atoms with Gasteiger partial charge in [-0.3, -0.25) is 14.4 Å². The number of hydrogen-bond acceptors (Lipinski definition) is 5. The lowest BCUT2D eigenvalue weighted by atomic mass is 9.92. The minimum Gasteiger partial charge on any atom is -0.497 e. The Morgan fingerprint density at radius 2 is 1.68 bits per heavy atom. The maximum Gasteiger partial charge on any atom is 0.277 e. The van der Waals surface area contributed by atoms with Crippen LogP contribution in [0.25, 0.3) is 5.69 Å². The average molecular weight is 460 g/mol. The highest BCUT2D eigenvalue weighted by Crippen LogP contribution is 2.51. The molecule has 5 rings (SSSR count). The maximum atomic E-state index is 13.6. The molecule has 2 heterocycles. The number of benzene rings is 2. The molecule has 174 valence electrons. The fraction of sp³-hybridized carbons (Fsp3) is 0.280. The lowest BCUT2D eigenvalue weighted by Gasteiger charge is -2.28. The highest BCUT2D eigenvalue weighted by molar-refractivity contribution is 6.09. The Labute approximate surface area is 196 Å². The zero-order valence-corrected chi connectivity index (χ0v) is 18.8. The molecule has 0 atom stereocenters. The molecule has 3 aromatic rings. The summed E-state index contributed by atoms with van der Waals surface area (Å²) < 4.78 is 6.69. The second-order valence-corrected chi connectivity index (χ2v) is 8.83. The van der Waals surface area contributed by atoms with Crippen molar-refractivity contribution in [1.82, 2.24) is 9.78 Å². The maximum absolute atomic E-state index is 13.6. The zero-order chi connectivity index (χ0) is 24.0. The standard InChI is InChI=1S/C25H25N5O4/c1-34-18-8-6-17(7-9-18)30-22-19(21(28-30)23(27)32)10-13-29(24(22)33)16-4-2-15(3-5-16)25(11-12-25)14-20(26)31/h2-9H,10-14H2,1H3,(H2,26,31)(H2,27,32). The lowest BCUT2D eigenvalue weighted by Crippen LogP contribution is -2.39. The molecular formula is C25H25N5O4. The van der Waals surface area contributed by atoms with Gasteiger partial charge < -0.3 is 21.1 Å². The van der Waals surface area contributed by atoms with Crippen molar-refractivity contribution in [2.45, 2.75) is 31.1 Å². The number of hydrogen-bond donors (Lipinski definition) is 2. The number of carbonyl (C=O) groups is 3. The van der Waals surface area contributed by atoms with Crippen LogP contribution in [0.1, 0.15) is 51.4 Å². The Balaban J connectivity index is 1.49. The van der Waals surface area contributed by atoms with Gasteiger partial charge >= 0.3 is 0 Å². The van der Waals surface area contributed by atoms with Gasteiger partial charge in [-0.15, -0.1) is 0 Å². The molecule has 9 heteroatoms. The van der Waals surface area contributed by atoms with E-state index in [1.807, 2.05) is 24.3 Å². The number of carbonyl (C=O) groups excluding carboxylic acids is 3. The number of anilines is 1. The van der Waals surface area contributed by atoms with Crippen molar-refractivity contribution in [3.05, 3.63) is 71.0 Å². The third kappa shape index (κ3) is 3.59. The first-order valence-electron chi connectivity index (χ1n) is 11.1. The predicted octanol–water partition coefficient (Wildman–Crippen LogP) is 2.09. The molecule has 0 spiro atoms. The first kappa shape index (κ1) is 21.7. The molecule has 1 saturated carbocycles. The van der Waals surface area contributed by atoms with Crippen molar-refractivity contribution in [3.63, 3.8) is 0 Å². The number of aromatic nitrogens is 2. The summed E-state index contributed by atoms with van der Waals surface area (Å²) in [4.78, 5) is 38.8. The Hall–Kier alpha value is -4.14. The molecule has 34 heavy (non-hydrogen) atoms. The van der Waals surface area contributed by atoms with Gasteiger partial charge in [-0.1, -0.05) is 12.1 Å². The Kier molecular flexibility index (Phi) is 5.11. The third-order valence-corrected chi connectivity index (χ3v) is 6.72. The molecule has 0 bridgehead atoms. The molecule has 2 aliphatic rings. The molecule has 3 amide bonds. The second-order valence-electron chi connectivity index (χ2n) is 8.83. The highest BCUT2D eigenvalue weighted by Gasteiger charge is 2.45. The number of nitrogens with two attached hydrogens (primary N) is 2. The summed E-state index contributed by atoms with van der Waals surface area (Å²) in [6.07, 6.45) is 2.63. The summed E-state index contributed by atoms with van der Waals surface area (Å²) in [5, 5.41) is 4.39. The Bertz CT molecular complexity index is 1290. The molecule has 9 nitrogen and oxygen atoms in total. The molecule has 2 aromatic carbocycles. The summed E-state index contributed by atoms with van der Waals surface area (Å²) in [6, 6.07) is 14.8. The number of ether oxygens (including phenoxy) is 1. The number of amides is 3. The minimum absolute atomic E-state index is 0.108. The quantitative estimate of drug-likeness (QED) is 0.558. The van der Waals surface area contributed by atoms with Gasteiger partial charge in [0.25, 0.3) is 11.8 Å². The first-order valence-corrected chi connectivity index (χ1v) is 11.1. The van der Waals surface area contributed by atoms with Crippen LogP contribution in [0.15, 0.2) is 48.5 Å². The lowest BCUT2D eigenvalue weighted by molar-refractivity contribution is -0.118. The normalized spacial score (nSPS) is 16.1. The van der Waals surface area contributed by atoms with E-state index in [9.17, 15) is 14.4 Å². The van der Waals surface area contributed by atoms with E-state index in [-0.39, 0.29) is 22.9 Å². The van der Waals surface area contributed by atoms with Gasteiger partial charge in [-0.2, -0.15) is 5.10 Å². The Morgan fingerprint density at radius 3 is 2.24 bits per heavy atom. The van der Waals surface area contributed by atoms with Crippen LogP contribution in [0.3, 0.4) is 0 Å². The summed E-state index contributed by atoms with van der Waals surface area (Å²) in [5.41, 5.74) is 14.2. The van der Waals surface area contributed by atoms with Gasteiger partial charge in [0.15, 0.2) is 5.69 Å². The number of nitrogens with zero attached hydrogens (tertiary/aromatic N) is 3. The smallest absolute Gasteiger partial charge is 0.277 e. The molecule has 1 aliphatic heterocycles. The fourth-order valence-corrected chi connectivity index (χ4v) is 4.76. The van der Waals surface area contributed by atoms with Gasteiger partial charge in [-0.25, -0.2) is 4.68 Å². The molecule has 1 aliphatic carbocycles. The van der Waals surface area contributed by atoms with Crippen LogP contribution < -0.4 is 21.1 Å². The third-order valence-electron chi connectivity index (χ3n) is 6.72.